The average Bonchev–Trinajstić information content (AvgIpc) is 2.25. The molecular formula is C12H16ClNO2. The standard InChI is InChI=1S/C12H16ClNO2/c1-2-16-12(15)7-4-8-14-11-6-3-5-10(13)9-11/h3,5-6,9,14H,2,4,7-8H2,1H3. The van der Waals surface area contributed by atoms with Gasteiger partial charge in [0.15, 0.2) is 0 Å². The maximum absolute atomic E-state index is 11.0. The number of carbonyl (C=O) groups excluding carboxylic acids is 1. The van der Waals surface area contributed by atoms with Crippen molar-refractivity contribution >= 4 is 23.3 Å². The topological polar surface area (TPSA) is 38.3 Å². The summed E-state index contributed by atoms with van der Waals surface area (Å²) in [5.74, 6) is -0.143. The van der Waals surface area contributed by atoms with Crippen molar-refractivity contribution in [3.05, 3.63) is 29.3 Å². The summed E-state index contributed by atoms with van der Waals surface area (Å²) in [5, 5.41) is 3.89. The number of halogens is 1. The zero-order valence-electron chi connectivity index (χ0n) is 9.33. The summed E-state index contributed by atoms with van der Waals surface area (Å²) in [5.41, 5.74) is 0.969. The molecule has 0 bridgehead atoms. The lowest BCUT2D eigenvalue weighted by molar-refractivity contribution is -0.143. The molecular weight excluding hydrogens is 226 g/mol. The molecule has 0 fully saturated rings. The van der Waals surface area contributed by atoms with Crippen LogP contribution in [0.3, 0.4) is 0 Å². The Bertz CT molecular complexity index is 342. The Morgan fingerprint density at radius 2 is 2.31 bits per heavy atom. The number of esters is 1. The normalized spacial score (nSPS) is 9.88. The molecule has 4 heteroatoms. The third kappa shape index (κ3) is 5.03. The highest BCUT2D eigenvalue weighted by Crippen LogP contribution is 2.14. The van der Waals surface area contributed by atoms with Gasteiger partial charge in [0.05, 0.1) is 6.61 Å². The fourth-order valence-electron chi connectivity index (χ4n) is 1.30. The molecule has 1 aromatic carbocycles. The van der Waals surface area contributed by atoms with Gasteiger partial charge in [-0.2, -0.15) is 0 Å². The van der Waals surface area contributed by atoms with Crippen molar-refractivity contribution < 1.29 is 9.53 Å². The van der Waals surface area contributed by atoms with Crippen molar-refractivity contribution in [2.75, 3.05) is 18.5 Å². The lowest BCUT2D eigenvalue weighted by Gasteiger charge is -2.06. The van der Waals surface area contributed by atoms with Crippen LogP contribution in [-0.2, 0) is 9.53 Å². The lowest BCUT2D eigenvalue weighted by Crippen LogP contribution is -2.08. The summed E-state index contributed by atoms with van der Waals surface area (Å²) >= 11 is 5.84. The monoisotopic (exact) mass is 241 g/mol. The van der Waals surface area contributed by atoms with Gasteiger partial charge >= 0.3 is 5.97 Å². The smallest absolute Gasteiger partial charge is 0.305 e. The van der Waals surface area contributed by atoms with Gasteiger partial charge < -0.3 is 10.1 Å². The average molecular weight is 242 g/mol. The minimum Gasteiger partial charge on any atom is -0.466 e. The maximum atomic E-state index is 11.0. The zero-order chi connectivity index (χ0) is 11.8. The molecule has 0 saturated heterocycles. The summed E-state index contributed by atoms with van der Waals surface area (Å²) < 4.78 is 4.83. The van der Waals surface area contributed by atoms with Gasteiger partial charge in [-0.25, -0.2) is 0 Å². The molecule has 0 unspecified atom stereocenters. The molecule has 1 aromatic rings. The first-order valence-electron chi connectivity index (χ1n) is 5.37. The largest absolute Gasteiger partial charge is 0.466 e. The Morgan fingerprint density at radius 1 is 1.50 bits per heavy atom. The van der Waals surface area contributed by atoms with Crippen LogP contribution < -0.4 is 5.32 Å². The molecule has 1 rings (SSSR count). The first-order valence-corrected chi connectivity index (χ1v) is 5.75. The van der Waals surface area contributed by atoms with Gasteiger partial charge in [-0.05, 0) is 31.5 Å². The van der Waals surface area contributed by atoms with E-state index in [1.165, 1.54) is 0 Å². The number of ether oxygens (including phenoxy) is 1. The fraction of sp³-hybridized carbons (Fsp3) is 0.417. The molecule has 0 amide bonds. The number of rotatable bonds is 6. The van der Waals surface area contributed by atoms with E-state index in [0.29, 0.717) is 18.1 Å². The Morgan fingerprint density at radius 3 is 3.00 bits per heavy atom. The highest BCUT2D eigenvalue weighted by atomic mass is 35.5. The maximum Gasteiger partial charge on any atom is 0.305 e. The number of hydrogen-bond donors (Lipinski definition) is 1. The molecule has 0 aliphatic heterocycles. The van der Waals surface area contributed by atoms with E-state index in [1.54, 1.807) is 0 Å². The van der Waals surface area contributed by atoms with Crippen LogP contribution in [0.1, 0.15) is 19.8 Å². The van der Waals surface area contributed by atoms with Crippen LogP contribution in [0.4, 0.5) is 5.69 Å². The molecule has 0 aliphatic carbocycles. The number of benzene rings is 1. The van der Waals surface area contributed by atoms with Crippen LogP contribution in [0, 0.1) is 0 Å². The fourth-order valence-corrected chi connectivity index (χ4v) is 1.49. The number of carbonyl (C=O) groups is 1. The molecule has 0 saturated carbocycles. The summed E-state index contributed by atoms with van der Waals surface area (Å²) in [7, 11) is 0. The number of nitrogens with one attached hydrogen (secondary N) is 1. The highest BCUT2D eigenvalue weighted by Gasteiger charge is 2.00. The predicted octanol–water partition coefficient (Wildman–Crippen LogP) is 3.10. The van der Waals surface area contributed by atoms with Crippen molar-refractivity contribution in [3.8, 4) is 0 Å². The van der Waals surface area contributed by atoms with Crippen LogP contribution >= 0.6 is 11.6 Å². The first kappa shape index (κ1) is 12.8. The van der Waals surface area contributed by atoms with E-state index in [4.69, 9.17) is 16.3 Å². The molecule has 0 spiro atoms. The second kappa shape index (κ2) is 7.12. The highest BCUT2D eigenvalue weighted by molar-refractivity contribution is 6.30. The second-order valence-electron chi connectivity index (χ2n) is 3.35. The van der Waals surface area contributed by atoms with E-state index in [0.717, 1.165) is 18.7 Å². The molecule has 3 nitrogen and oxygen atoms in total. The van der Waals surface area contributed by atoms with Gasteiger partial charge in [0, 0.05) is 23.7 Å². The number of anilines is 1. The predicted molar refractivity (Wildman–Crippen MR) is 65.8 cm³/mol. The van der Waals surface area contributed by atoms with Crippen molar-refractivity contribution in [2.45, 2.75) is 19.8 Å². The van der Waals surface area contributed by atoms with E-state index in [-0.39, 0.29) is 5.97 Å². The van der Waals surface area contributed by atoms with Gasteiger partial charge in [0.1, 0.15) is 0 Å². The Kier molecular flexibility index (Phi) is 5.72. The lowest BCUT2D eigenvalue weighted by atomic mass is 10.3. The van der Waals surface area contributed by atoms with Gasteiger partial charge in [0.2, 0.25) is 0 Å². The summed E-state index contributed by atoms with van der Waals surface area (Å²) in [6, 6.07) is 7.50. The van der Waals surface area contributed by atoms with E-state index in [1.807, 2.05) is 31.2 Å². The van der Waals surface area contributed by atoms with Crippen LogP contribution in [-0.4, -0.2) is 19.1 Å². The van der Waals surface area contributed by atoms with Crippen LogP contribution in [0.5, 0.6) is 0 Å². The minimum atomic E-state index is -0.143. The van der Waals surface area contributed by atoms with Crippen molar-refractivity contribution in [1.82, 2.24) is 0 Å². The van der Waals surface area contributed by atoms with Crippen LogP contribution in [0.25, 0.3) is 0 Å². The van der Waals surface area contributed by atoms with Crippen molar-refractivity contribution in [2.24, 2.45) is 0 Å². The zero-order valence-corrected chi connectivity index (χ0v) is 10.1. The quantitative estimate of drug-likeness (QED) is 0.614. The molecule has 0 atom stereocenters. The first-order chi connectivity index (χ1) is 7.72. The molecule has 16 heavy (non-hydrogen) atoms. The van der Waals surface area contributed by atoms with Crippen molar-refractivity contribution in [3.63, 3.8) is 0 Å². The van der Waals surface area contributed by atoms with Crippen LogP contribution in [0.2, 0.25) is 5.02 Å². The molecule has 1 N–H and O–H groups in total. The Hall–Kier alpha value is -1.22. The van der Waals surface area contributed by atoms with Crippen LogP contribution in [0.15, 0.2) is 24.3 Å². The summed E-state index contributed by atoms with van der Waals surface area (Å²) in [6.45, 7) is 2.99. The van der Waals surface area contributed by atoms with Crippen molar-refractivity contribution in [1.29, 1.82) is 0 Å². The molecule has 0 radical (unpaired) electrons. The minimum absolute atomic E-state index is 0.143. The third-order valence-electron chi connectivity index (χ3n) is 2.02. The van der Waals surface area contributed by atoms with Gasteiger partial charge in [-0.3, -0.25) is 4.79 Å². The molecule has 0 heterocycles. The van der Waals surface area contributed by atoms with Gasteiger partial charge in [-0.15, -0.1) is 0 Å². The van der Waals surface area contributed by atoms with Gasteiger partial charge in [-0.1, -0.05) is 17.7 Å². The van der Waals surface area contributed by atoms with E-state index >= 15 is 0 Å². The molecule has 88 valence electrons. The summed E-state index contributed by atoms with van der Waals surface area (Å²) in [4.78, 5) is 11.0. The third-order valence-corrected chi connectivity index (χ3v) is 2.25. The SMILES string of the molecule is CCOC(=O)CCCNc1cccc(Cl)c1. The Labute approximate surface area is 101 Å². The summed E-state index contributed by atoms with van der Waals surface area (Å²) in [6.07, 6.45) is 1.20. The molecule has 0 aliphatic rings. The van der Waals surface area contributed by atoms with E-state index in [2.05, 4.69) is 5.32 Å². The second-order valence-corrected chi connectivity index (χ2v) is 3.78. The molecule has 0 aromatic heterocycles. The Balaban J connectivity index is 2.18. The van der Waals surface area contributed by atoms with Gasteiger partial charge in [0.25, 0.3) is 0 Å². The number of hydrogen-bond acceptors (Lipinski definition) is 3. The van der Waals surface area contributed by atoms with E-state index < -0.39 is 0 Å². The van der Waals surface area contributed by atoms with E-state index in [9.17, 15) is 4.79 Å².